The van der Waals surface area contributed by atoms with Crippen LogP contribution in [0.3, 0.4) is 0 Å². The van der Waals surface area contributed by atoms with Gasteiger partial charge in [-0.05, 0) is 49.1 Å². The number of nitrogens with zero attached hydrogens (tertiary/aromatic N) is 2. The molecule has 2 heterocycles. The lowest BCUT2D eigenvalue weighted by molar-refractivity contribution is -0.120. The van der Waals surface area contributed by atoms with Crippen LogP contribution in [0.25, 0.3) is 5.57 Å². The number of morpholine rings is 1. The van der Waals surface area contributed by atoms with E-state index < -0.39 is 0 Å². The van der Waals surface area contributed by atoms with Crippen LogP contribution in [0, 0.1) is 0 Å². The molecule has 3 aliphatic rings. The average molecular weight is 468 g/mol. The molecule has 0 bridgehead atoms. The molecular formula is C28H41N3O3. The second-order valence-corrected chi connectivity index (χ2v) is 8.19. The van der Waals surface area contributed by atoms with Gasteiger partial charge in [0.1, 0.15) is 0 Å². The second kappa shape index (κ2) is 16.1. The number of ether oxygens (including phenoxy) is 2. The minimum Gasteiger partial charge on any atom is -0.379 e. The van der Waals surface area contributed by atoms with E-state index in [9.17, 15) is 4.79 Å². The molecule has 1 fully saturated rings. The van der Waals surface area contributed by atoms with Crippen LogP contribution in [0.1, 0.15) is 44.4 Å². The molecular weight excluding hydrogens is 426 g/mol. The number of rotatable bonds is 6. The molecule has 0 spiro atoms. The molecule has 0 saturated carbocycles. The van der Waals surface area contributed by atoms with Gasteiger partial charge in [-0.25, -0.2) is 0 Å². The van der Waals surface area contributed by atoms with E-state index in [0.29, 0.717) is 13.0 Å². The van der Waals surface area contributed by atoms with Gasteiger partial charge in [0.15, 0.2) is 0 Å². The number of carbonyl (C=O) groups is 1. The standard InChI is InChI=1S/C21H24N2O2.C5H11NO.C2H6/c1-25-20-11-8-17(9-12-20)18-7-10-19(22-15-18)13-21(24)23-14-16-5-3-2-4-6-16;1-6-2-4-7-5-3-6;1-2/h3,5-11,15,20H,2,4,12-14H2,1H3,(H,23,24);2-5H2,1H3;1-2H3. The van der Waals surface area contributed by atoms with Crippen LogP contribution in [0.15, 0.2) is 60.4 Å². The van der Waals surface area contributed by atoms with E-state index in [0.717, 1.165) is 62.4 Å². The van der Waals surface area contributed by atoms with E-state index in [4.69, 9.17) is 9.47 Å². The largest absolute Gasteiger partial charge is 0.379 e. The van der Waals surface area contributed by atoms with Crippen molar-refractivity contribution in [3.63, 3.8) is 0 Å². The zero-order valence-electron chi connectivity index (χ0n) is 21.3. The first-order chi connectivity index (χ1) is 16.6. The minimum absolute atomic E-state index is 0.000150. The number of methoxy groups -OCH3 is 1. The van der Waals surface area contributed by atoms with Crippen LogP contribution >= 0.6 is 0 Å². The van der Waals surface area contributed by atoms with Crippen molar-refractivity contribution in [3.8, 4) is 0 Å². The first-order valence-corrected chi connectivity index (χ1v) is 12.4. The summed E-state index contributed by atoms with van der Waals surface area (Å²) in [5.74, 6) is -0.000150. The van der Waals surface area contributed by atoms with Gasteiger partial charge in [-0.1, -0.05) is 56.4 Å². The molecule has 1 aromatic rings. The molecule has 1 saturated heterocycles. The third kappa shape index (κ3) is 10.2. The molecule has 0 radical (unpaired) electrons. The minimum atomic E-state index is -0.000150. The van der Waals surface area contributed by atoms with Gasteiger partial charge in [0.25, 0.3) is 0 Å². The summed E-state index contributed by atoms with van der Waals surface area (Å²) in [5.41, 5.74) is 4.16. The van der Waals surface area contributed by atoms with Gasteiger partial charge in [-0.2, -0.15) is 0 Å². The molecule has 34 heavy (non-hydrogen) atoms. The van der Waals surface area contributed by atoms with Gasteiger partial charge in [-0.15, -0.1) is 0 Å². The van der Waals surface area contributed by atoms with E-state index in [1.807, 2.05) is 32.2 Å². The number of hydrogen-bond donors (Lipinski definition) is 1. The lowest BCUT2D eigenvalue weighted by Crippen LogP contribution is -2.32. The van der Waals surface area contributed by atoms with Gasteiger partial charge in [-0.3, -0.25) is 9.78 Å². The maximum Gasteiger partial charge on any atom is 0.226 e. The third-order valence-electron chi connectivity index (χ3n) is 5.66. The van der Waals surface area contributed by atoms with E-state index in [-0.39, 0.29) is 12.0 Å². The lowest BCUT2D eigenvalue weighted by atomic mass is 9.99. The predicted octanol–water partition coefficient (Wildman–Crippen LogP) is 4.35. The van der Waals surface area contributed by atoms with Crippen LogP contribution in [0.4, 0.5) is 0 Å². The number of nitrogens with one attached hydrogen (secondary N) is 1. The van der Waals surface area contributed by atoms with E-state index in [1.165, 1.54) is 5.57 Å². The maximum atomic E-state index is 12.1. The Balaban J connectivity index is 0.000000384. The van der Waals surface area contributed by atoms with Crippen molar-refractivity contribution < 1.29 is 14.3 Å². The van der Waals surface area contributed by atoms with Crippen molar-refractivity contribution in [2.24, 2.45) is 0 Å². The first kappa shape index (κ1) is 27.7. The Bertz CT molecular complexity index is 850. The van der Waals surface area contributed by atoms with Crippen LogP contribution in [0.5, 0.6) is 0 Å². The molecule has 4 rings (SSSR count). The van der Waals surface area contributed by atoms with Gasteiger partial charge in [0.2, 0.25) is 5.91 Å². The molecule has 2 aliphatic carbocycles. The summed E-state index contributed by atoms with van der Waals surface area (Å²) in [4.78, 5) is 18.8. The fraction of sp³-hybridized carbons (Fsp3) is 0.500. The topological polar surface area (TPSA) is 63.7 Å². The van der Waals surface area contributed by atoms with Crippen LogP contribution in [0.2, 0.25) is 0 Å². The van der Waals surface area contributed by atoms with Gasteiger partial charge >= 0.3 is 0 Å². The quantitative estimate of drug-likeness (QED) is 0.674. The Kier molecular flexibility index (Phi) is 13.2. The monoisotopic (exact) mass is 467 g/mol. The molecule has 1 atom stereocenters. The molecule has 1 aromatic heterocycles. The predicted molar refractivity (Wildman–Crippen MR) is 140 cm³/mol. The summed E-state index contributed by atoms with van der Waals surface area (Å²) in [7, 11) is 3.83. The number of pyridine rings is 1. The Labute approximate surface area is 205 Å². The molecule has 6 nitrogen and oxygen atoms in total. The van der Waals surface area contributed by atoms with Gasteiger partial charge < -0.3 is 19.7 Å². The highest BCUT2D eigenvalue weighted by Crippen LogP contribution is 2.22. The molecule has 6 heteroatoms. The van der Waals surface area contributed by atoms with Gasteiger partial charge in [0.05, 0.1) is 25.7 Å². The maximum absolute atomic E-state index is 12.1. The fourth-order valence-corrected chi connectivity index (χ4v) is 3.57. The van der Waals surface area contributed by atoms with Crippen molar-refractivity contribution in [1.29, 1.82) is 0 Å². The molecule has 1 N–H and O–H groups in total. The molecule has 186 valence electrons. The van der Waals surface area contributed by atoms with Gasteiger partial charge in [0, 0.05) is 38.6 Å². The third-order valence-corrected chi connectivity index (χ3v) is 5.66. The highest BCUT2D eigenvalue weighted by molar-refractivity contribution is 5.79. The molecule has 1 aliphatic heterocycles. The number of likely N-dealkylation sites (N-methyl/N-ethyl adjacent to an activating group) is 1. The summed E-state index contributed by atoms with van der Waals surface area (Å²) in [6.07, 6.45) is 18.0. The second-order valence-electron chi connectivity index (χ2n) is 8.19. The normalized spacial score (nSPS) is 19.6. The van der Waals surface area contributed by atoms with E-state index in [2.05, 4.69) is 58.7 Å². The van der Waals surface area contributed by atoms with Crippen LogP contribution < -0.4 is 5.32 Å². The zero-order chi connectivity index (χ0) is 24.6. The number of allylic oxidation sites excluding steroid dienone is 4. The molecule has 1 amide bonds. The first-order valence-electron chi connectivity index (χ1n) is 12.4. The van der Waals surface area contributed by atoms with Crippen LogP contribution in [-0.2, 0) is 20.7 Å². The van der Waals surface area contributed by atoms with Crippen LogP contribution in [-0.4, -0.2) is 68.9 Å². The van der Waals surface area contributed by atoms with E-state index in [1.54, 1.807) is 7.11 Å². The number of aromatic nitrogens is 1. The number of amides is 1. The summed E-state index contributed by atoms with van der Waals surface area (Å²) in [6, 6.07) is 3.94. The van der Waals surface area contributed by atoms with Crippen molar-refractivity contribution in [2.75, 3.05) is 47.0 Å². The Morgan fingerprint density at radius 2 is 1.97 bits per heavy atom. The molecule has 0 aromatic carbocycles. The Hall–Kier alpha value is -2.54. The number of hydrogen-bond acceptors (Lipinski definition) is 5. The zero-order valence-corrected chi connectivity index (χ0v) is 21.3. The SMILES string of the molecule is CC.CN1CCOCC1.COC1C=CC(c2ccc(CC(=O)NCC3=CCCC=C3)nc2)=CC1. The Morgan fingerprint density at radius 3 is 2.50 bits per heavy atom. The Morgan fingerprint density at radius 1 is 1.18 bits per heavy atom. The van der Waals surface area contributed by atoms with Crippen molar-refractivity contribution in [2.45, 2.75) is 45.6 Å². The van der Waals surface area contributed by atoms with Crippen molar-refractivity contribution >= 4 is 11.5 Å². The molecule has 1 unspecified atom stereocenters. The average Bonchev–Trinajstić information content (AvgIpc) is 2.91. The summed E-state index contributed by atoms with van der Waals surface area (Å²) >= 11 is 0. The fourth-order valence-electron chi connectivity index (χ4n) is 3.57. The van der Waals surface area contributed by atoms with Crippen molar-refractivity contribution in [1.82, 2.24) is 15.2 Å². The summed E-state index contributed by atoms with van der Waals surface area (Å²) < 4.78 is 10.4. The number of carbonyl (C=O) groups excluding carboxylic acids is 1. The lowest BCUT2D eigenvalue weighted by Gasteiger charge is -2.21. The smallest absolute Gasteiger partial charge is 0.226 e. The summed E-state index contributed by atoms with van der Waals surface area (Å²) in [5, 5.41) is 2.96. The summed E-state index contributed by atoms with van der Waals surface area (Å²) in [6.45, 7) is 8.61. The van der Waals surface area contributed by atoms with Crippen molar-refractivity contribution in [3.05, 3.63) is 71.6 Å². The highest BCUT2D eigenvalue weighted by Gasteiger charge is 2.10. The highest BCUT2D eigenvalue weighted by atomic mass is 16.5. The van der Waals surface area contributed by atoms with E-state index >= 15 is 0 Å².